The molecule has 1 aliphatic heterocycles. The number of piperidine rings is 1. The molecule has 0 saturated carbocycles. The van der Waals surface area contributed by atoms with Gasteiger partial charge in [-0.25, -0.2) is 18.4 Å². The summed E-state index contributed by atoms with van der Waals surface area (Å²) in [6.45, 7) is 5.33. The Hall–Kier alpha value is -1.73. The highest BCUT2D eigenvalue weighted by atomic mass is 32.2. The predicted octanol–water partition coefficient (Wildman–Crippen LogP) is 1.93. The Morgan fingerprint density at radius 3 is 2.91 bits per heavy atom. The molecule has 1 atom stereocenters. The van der Waals surface area contributed by atoms with Gasteiger partial charge in [-0.2, -0.15) is 0 Å². The zero-order chi connectivity index (χ0) is 16.4. The Morgan fingerprint density at radius 2 is 2.17 bits per heavy atom. The summed E-state index contributed by atoms with van der Waals surface area (Å²) in [4.78, 5) is 11.3. The lowest BCUT2D eigenvalue weighted by molar-refractivity contribution is 0.226. The molecule has 1 aromatic heterocycles. The largest absolute Gasteiger partial charge is 0.365 e. The SMILES string of the molecule is CCN1CCCC(Nc2ncnc3ccc(S(C)(=O)=O)cc23)C1. The molecular weight excluding hydrogens is 312 g/mol. The molecule has 2 heterocycles. The molecule has 1 unspecified atom stereocenters. The van der Waals surface area contributed by atoms with Crippen LogP contribution in [0.15, 0.2) is 29.4 Å². The van der Waals surface area contributed by atoms with Crippen LogP contribution in [-0.2, 0) is 9.84 Å². The molecule has 0 radical (unpaired) electrons. The zero-order valence-electron chi connectivity index (χ0n) is 13.5. The molecule has 1 aromatic carbocycles. The van der Waals surface area contributed by atoms with Crippen molar-refractivity contribution >= 4 is 26.6 Å². The van der Waals surface area contributed by atoms with E-state index in [9.17, 15) is 8.42 Å². The summed E-state index contributed by atoms with van der Waals surface area (Å²) in [7, 11) is -3.25. The van der Waals surface area contributed by atoms with Gasteiger partial charge in [0.05, 0.1) is 10.4 Å². The molecule has 23 heavy (non-hydrogen) atoms. The fourth-order valence-corrected chi connectivity index (χ4v) is 3.68. The van der Waals surface area contributed by atoms with E-state index in [1.165, 1.54) is 12.6 Å². The summed E-state index contributed by atoms with van der Waals surface area (Å²) < 4.78 is 23.6. The number of aromatic nitrogens is 2. The Bertz CT molecular complexity index is 807. The van der Waals surface area contributed by atoms with Crippen molar-refractivity contribution in [3.63, 3.8) is 0 Å². The number of anilines is 1. The maximum atomic E-state index is 11.8. The fourth-order valence-electron chi connectivity index (χ4n) is 3.04. The number of fused-ring (bicyclic) bond motifs is 1. The van der Waals surface area contributed by atoms with Gasteiger partial charge in [0.2, 0.25) is 0 Å². The second-order valence-corrected chi connectivity index (χ2v) is 8.07. The van der Waals surface area contributed by atoms with Gasteiger partial charge in [0.25, 0.3) is 0 Å². The molecule has 6 nitrogen and oxygen atoms in total. The van der Waals surface area contributed by atoms with Crippen LogP contribution in [0.5, 0.6) is 0 Å². The van der Waals surface area contributed by atoms with Gasteiger partial charge in [-0.1, -0.05) is 6.92 Å². The summed E-state index contributed by atoms with van der Waals surface area (Å²) >= 11 is 0. The van der Waals surface area contributed by atoms with E-state index in [0.29, 0.717) is 16.8 Å². The number of likely N-dealkylation sites (N-methyl/N-ethyl adjacent to an activating group) is 1. The summed E-state index contributed by atoms with van der Waals surface area (Å²) in [5.41, 5.74) is 0.748. The highest BCUT2D eigenvalue weighted by molar-refractivity contribution is 7.90. The fraction of sp³-hybridized carbons (Fsp3) is 0.500. The van der Waals surface area contributed by atoms with Gasteiger partial charge in [0.15, 0.2) is 9.84 Å². The van der Waals surface area contributed by atoms with Gasteiger partial charge in [0.1, 0.15) is 12.1 Å². The Labute approximate surface area is 136 Å². The first-order chi connectivity index (χ1) is 11.0. The average molecular weight is 334 g/mol. The normalized spacial score (nSPS) is 19.8. The predicted molar refractivity (Wildman–Crippen MR) is 91.4 cm³/mol. The molecule has 1 saturated heterocycles. The zero-order valence-corrected chi connectivity index (χ0v) is 14.3. The maximum Gasteiger partial charge on any atom is 0.175 e. The molecule has 1 aliphatic rings. The van der Waals surface area contributed by atoms with Crippen molar-refractivity contribution in [2.45, 2.75) is 30.7 Å². The highest BCUT2D eigenvalue weighted by Gasteiger charge is 2.20. The summed E-state index contributed by atoms with van der Waals surface area (Å²) in [6.07, 6.45) is 4.98. The first kappa shape index (κ1) is 16.1. The van der Waals surface area contributed by atoms with Gasteiger partial charge < -0.3 is 10.2 Å². The van der Waals surface area contributed by atoms with E-state index in [1.807, 2.05) is 0 Å². The van der Waals surface area contributed by atoms with E-state index < -0.39 is 9.84 Å². The maximum absolute atomic E-state index is 11.8. The summed E-state index contributed by atoms with van der Waals surface area (Å²) in [6, 6.07) is 5.31. The lowest BCUT2D eigenvalue weighted by atomic mass is 10.1. The molecule has 0 bridgehead atoms. The molecule has 1 N–H and O–H groups in total. The molecule has 124 valence electrons. The molecule has 3 rings (SSSR count). The Kier molecular flexibility index (Phi) is 4.50. The van der Waals surface area contributed by atoms with E-state index >= 15 is 0 Å². The third-order valence-electron chi connectivity index (χ3n) is 4.33. The quantitative estimate of drug-likeness (QED) is 0.921. The minimum absolute atomic E-state index is 0.293. The number of nitrogens with zero attached hydrogens (tertiary/aromatic N) is 3. The first-order valence-electron chi connectivity index (χ1n) is 7.91. The van der Waals surface area contributed by atoms with Gasteiger partial charge in [-0.15, -0.1) is 0 Å². The Balaban J connectivity index is 1.93. The van der Waals surface area contributed by atoms with Crippen LogP contribution in [-0.4, -0.2) is 55.2 Å². The number of nitrogens with one attached hydrogen (secondary N) is 1. The molecule has 1 fully saturated rings. The number of hydrogen-bond donors (Lipinski definition) is 1. The molecule has 7 heteroatoms. The van der Waals surface area contributed by atoms with Gasteiger partial charge in [-0.05, 0) is 44.1 Å². The van der Waals surface area contributed by atoms with Crippen LogP contribution in [0.2, 0.25) is 0 Å². The van der Waals surface area contributed by atoms with Crippen molar-refractivity contribution in [2.24, 2.45) is 0 Å². The number of hydrogen-bond acceptors (Lipinski definition) is 6. The van der Waals surface area contributed by atoms with Crippen molar-refractivity contribution in [2.75, 3.05) is 31.2 Å². The average Bonchev–Trinajstić information content (AvgIpc) is 2.54. The van der Waals surface area contributed by atoms with Crippen LogP contribution in [0.25, 0.3) is 10.9 Å². The van der Waals surface area contributed by atoms with Crippen LogP contribution in [0, 0.1) is 0 Å². The number of benzene rings is 1. The van der Waals surface area contributed by atoms with E-state index in [1.54, 1.807) is 18.2 Å². The monoisotopic (exact) mass is 334 g/mol. The highest BCUT2D eigenvalue weighted by Crippen LogP contribution is 2.24. The van der Waals surface area contributed by atoms with Gasteiger partial charge in [-0.3, -0.25) is 0 Å². The van der Waals surface area contributed by atoms with E-state index in [0.717, 1.165) is 43.4 Å². The van der Waals surface area contributed by atoms with Crippen LogP contribution in [0.4, 0.5) is 5.82 Å². The minimum Gasteiger partial charge on any atom is -0.365 e. The summed E-state index contributed by atoms with van der Waals surface area (Å²) in [5, 5.41) is 4.23. The van der Waals surface area contributed by atoms with Crippen molar-refractivity contribution < 1.29 is 8.42 Å². The molecular formula is C16H22N4O2S. The van der Waals surface area contributed by atoms with Gasteiger partial charge >= 0.3 is 0 Å². The minimum atomic E-state index is -3.25. The van der Waals surface area contributed by atoms with E-state index in [2.05, 4.69) is 27.1 Å². The van der Waals surface area contributed by atoms with Gasteiger partial charge in [0, 0.05) is 24.2 Å². The number of rotatable bonds is 4. The van der Waals surface area contributed by atoms with Crippen molar-refractivity contribution in [1.29, 1.82) is 0 Å². The van der Waals surface area contributed by atoms with Crippen LogP contribution < -0.4 is 5.32 Å². The van der Waals surface area contributed by atoms with Crippen LogP contribution in [0.3, 0.4) is 0 Å². The smallest absolute Gasteiger partial charge is 0.175 e. The van der Waals surface area contributed by atoms with Crippen LogP contribution >= 0.6 is 0 Å². The van der Waals surface area contributed by atoms with Crippen molar-refractivity contribution in [3.8, 4) is 0 Å². The van der Waals surface area contributed by atoms with Crippen LogP contribution in [0.1, 0.15) is 19.8 Å². The first-order valence-corrected chi connectivity index (χ1v) is 9.80. The standard InChI is InChI=1S/C16H22N4O2S/c1-3-20-8-4-5-12(10-20)19-16-14-9-13(23(2,21)22)6-7-15(14)17-11-18-16/h6-7,9,11-12H,3-5,8,10H2,1-2H3,(H,17,18,19). The molecule has 0 aliphatic carbocycles. The topological polar surface area (TPSA) is 75.2 Å². The lowest BCUT2D eigenvalue weighted by Gasteiger charge is -2.32. The summed E-state index contributed by atoms with van der Waals surface area (Å²) in [5.74, 6) is 0.712. The second-order valence-electron chi connectivity index (χ2n) is 6.05. The van der Waals surface area contributed by atoms with Crippen molar-refractivity contribution in [1.82, 2.24) is 14.9 Å². The molecule has 0 spiro atoms. The Morgan fingerprint density at radius 1 is 1.35 bits per heavy atom. The third kappa shape index (κ3) is 3.61. The number of likely N-dealkylation sites (tertiary alicyclic amines) is 1. The van der Waals surface area contributed by atoms with E-state index in [4.69, 9.17) is 0 Å². The number of sulfone groups is 1. The second kappa shape index (κ2) is 6.41. The van der Waals surface area contributed by atoms with Crippen molar-refractivity contribution in [3.05, 3.63) is 24.5 Å². The molecule has 0 amide bonds. The molecule has 2 aromatic rings. The lowest BCUT2D eigenvalue weighted by Crippen LogP contribution is -2.42. The third-order valence-corrected chi connectivity index (χ3v) is 5.44. The van der Waals surface area contributed by atoms with E-state index in [-0.39, 0.29) is 0 Å².